The highest BCUT2D eigenvalue weighted by Crippen LogP contribution is 2.23. The first-order valence-electron chi connectivity index (χ1n) is 7.22. The van der Waals surface area contributed by atoms with E-state index in [-0.39, 0.29) is 6.04 Å². The Kier molecular flexibility index (Phi) is 6.21. The molecule has 0 saturated carbocycles. The maximum atomic E-state index is 5.71. The predicted octanol–water partition coefficient (Wildman–Crippen LogP) is 4.14. The lowest BCUT2D eigenvalue weighted by atomic mass is 10.00. The Morgan fingerprint density at radius 2 is 2.14 bits per heavy atom. The van der Waals surface area contributed by atoms with Crippen LogP contribution in [-0.2, 0) is 6.42 Å². The van der Waals surface area contributed by atoms with Crippen molar-refractivity contribution in [3.63, 3.8) is 0 Å². The molecule has 1 aromatic heterocycles. The minimum absolute atomic E-state index is 0.242. The van der Waals surface area contributed by atoms with Gasteiger partial charge in [-0.15, -0.1) is 0 Å². The van der Waals surface area contributed by atoms with E-state index in [1.165, 1.54) is 11.1 Å². The SMILES string of the molecule is CCCOc1cccc(C(Cc2cncc(Br)c2)NC)c1. The molecular formula is C17H21BrN2O. The van der Waals surface area contributed by atoms with E-state index in [1.807, 2.05) is 25.4 Å². The number of nitrogens with zero attached hydrogens (tertiary/aromatic N) is 1. The fourth-order valence-corrected chi connectivity index (χ4v) is 2.64. The number of ether oxygens (including phenoxy) is 1. The van der Waals surface area contributed by atoms with Gasteiger partial charge in [0, 0.05) is 22.9 Å². The molecule has 0 bridgehead atoms. The van der Waals surface area contributed by atoms with Crippen LogP contribution in [0.3, 0.4) is 0 Å². The molecule has 2 aromatic rings. The van der Waals surface area contributed by atoms with Gasteiger partial charge in [-0.3, -0.25) is 4.98 Å². The third-order valence-electron chi connectivity index (χ3n) is 3.28. The van der Waals surface area contributed by atoms with Crippen LogP contribution in [0.25, 0.3) is 0 Å². The van der Waals surface area contributed by atoms with Crippen LogP contribution < -0.4 is 10.1 Å². The van der Waals surface area contributed by atoms with Crippen molar-refractivity contribution in [2.75, 3.05) is 13.7 Å². The zero-order valence-electron chi connectivity index (χ0n) is 12.5. The average molecular weight is 349 g/mol. The van der Waals surface area contributed by atoms with Gasteiger partial charge < -0.3 is 10.1 Å². The van der Waals surface area contributed by atoms with E-state index >= 15 is 0 Å². The molecule has 1 atom stereocenters. The fourth-order valence-electron chi connectivity index (χ4n) is 2.23. The van der Waals surface area contributed by atoms with Crippen LogP contribution in [0, 0.1) is 0 Å². The minimum Gasteiger partial charge on any atom is -0.494 e. The van der Waals surface area contributed by atoms with Gasteiger partial charge in [0.05, 0.1) is 6.61 Å². The second-order valence-corrected chi connectivity index (χ2v) is 5.89. The van der Waals surface area contributed by atoms with E-state index in [0.29, 0.717) is 0 Å². The fraction of sp³-hybridized carbons (Fsp3) is 0.353. The molecule has 3 nitrogen and oxygen atoms in total. The summed E-state index contributed by atoms with van der Waals surface area (Å²) in [6.45, 7) is 2.86. The van der Waals surface area contributed by atoms with Crippen molar-refractivity contribution in [2.24, 2.45) is 0 Å². The zero-order chi connectivity index (χ0) is 15.1. The monoisotopic (exact) mass is 348 g/mol. The summed E-state index contributed by atoms with van der Waals surface area (Å²) in [7, 11) is 1.98. The predicted molar refractivity (Wildman–Crippen MR) is 89.7 cm³/mol. The van der Waals surface area contributed by atoms with E-state index in [2.05, 4.69) is 51.4 Å². The number of hydrogen-bond donors (Lipinski definition) is 1. The third-order valence-corrected chi connectivity index (χ3v) is 3.72. The van der Waals surface area contributed by atoms with E-state index in [4.69, 9.17) is 4.74 Å². The normalized spacial score (nSPS) is 12.1. The average Bonchev–Trinajstić information content (AvgIpc) is 2.51. The van der Waals surface area contributed by atoms with E-state index in [9.17, 15) is 0 Å². The van der Waals surface area contributed by atoms with Crippen LogP contribution in [0.2, 0.25) is 0 Å². The van der Waals surface area contributed by atoms with Crippen LogP contribution in [0.15, 0.2) is 47.2 Å². The summed E-state index contributed by atoms with van der Waals surface area (Å²) in [5.74, 6) is 0.932. The van der Waals surface area contributed by atoms with Gasteiger partial charge in [0.1, 0.15) is 5.75 Å². The van der Waals surface area contributed by atoms with Crippen molar-refractivity contribution < 1.29 is 4.74 Å². The summed E-state index contributed by atoms with van der Waals surface area (Å²) in [5, 5.41) is 3.37. The minimum atomic E-state index is 0.242. The van der Waals surface area contributed by atoms with Crippen molar-refractivity contribution in [1.82, 2.24) is 10.3 Å². The molecule has 0 aliphatic heterocycles. The topological polar surface area (TPSA) is 34.1 Å². The molecule has 4 heteroatoms. The summed E-state index contributed by atoms with van der Waals surface area (Å²) >= 11 is 3.47. The Labute approximate surface area is 134 Å². The summed E-state index contributed by atoms with van der Waals surface area (Å²) < 4.78 is 6.72. The van der Waals surface area contributed by atoms with Gasteiger partial charge in [-0.2, -0.15) is 0 Å². The maximum absolute atomic E-state index is 5.71. The van der Waals surface area contributed by atoms with Crippen LogP contribution in [-0.4, -0.2) is 18.6 Å². The molecule has 2 rings (SSSR count). The first-order valence-corrected chi connectivity index (χ1v) is 8.01. The molecule has 1 aromatic carbocycles. The first kappa shape index (κ1) is 16.0. The number of likely N-dealkylation sites (N-methyl/N-ethyl adjacent to an activating group) is 1. The van der Waals surface area contributed by atoms with Crippen molar-refractivity contribution in [2.45, 2.75) is 25.8 Å². The number of pyridine rings is 1. The number of aromatic nitrogens is 1. The Morgan fingerprint density at radius 3 is 2.86 bits per heavy atom. The molecular weight excluding hydrogens is 328 g/mol. The van der Waals surface area contributed by atoms with Crippen molar-refractivity contribution in [3.8, 4) is 5.75 Å². The second-order valence-electron chi connectivity index (χ2n) is 4.98. The zero-order valence-corrected chi connectivity index (χ0v) is 14.1. The highest BCUT2D eigenvalue weighted by atomic mass is 79.9. The number of halogens is 1. The molecule has 112 valence electrons. The second kappa shape index (κ2) is 8.15. The maximum Gasteiger partial charge on any atom is 0.119 e. The van der Waals surface area contributed by atoms with Gasteiger partial charge in [-0.25, -0.2) is 0 Å². The Morgan fingerprint density at radius 1 is 1.29 bits per heavy atom. The molecule has 1 heterocycles. The van der Waals surface area contributed by atoms with Gasteiger partial charge in [-0.1, -0.05) is 19.1 Å². The van der Waals surface area contributed by atoms with Crippen LogP contribution >= 0.6 is 15.9 Å². The van der Waals surface area contributed by atoms with Crippen LogP contribution in [0.1, 0.15) is 30.5 Å². The highest BCUT2D eigenvalue weighted by Gasteiger charge is 2.11. The lowest BCUT2D eigenvalue weighted by molar-refractivity contribution is 0.317. The van der Waals surface area contributed by atoms with Gasteiger partial charge in [0.2, 0.25) is 0 Å². The Bertz CT molecular complexity index is 574. The van der Waals surface area contributed by atoms with Crippen molar-refractivity contribution in [1.29, 1.82) is 0 Å². The molecule has 21 heavy (non-hydrogen) atoms. The summed E-state index contributed by atoms with van der Waals surface area (Å²) in [6, 6.07) is 10.6. The Balaban J connectivity index is 2.13. The molecule has 1 unspecified atom stereocenters. The number of benzene rings is 1. The molecule has 1 N–H and O–H groups in total. The lowest BCUT2D eigenvalue weighted by Crippen LogP contribution is -2.19. The highest BCUT2D eigenvalue weighted by molar-refractivity contribution is 9.10. The summed E-state index contributed by atoms with van der Waals surface area (Å²) in [4.78, 5) is 4.22. The smallest absolute Gasteiger partial charge is 0.119 e. The van der Waals surface area contributed by atoms with Gasteiger partial charge in [0.25, 0.3) is 0 Å². The molecule has 0 fully saturated rings. The molecule has 0 aliphatic carbocycles. The molecule has 0 aliphatic rings. The number of rotatable bonds is 7. The van der Waals surface area contributed by atoms with Gasteiger partial charge in [0.15, 0.2) is 0 Å². The number of nitrogens with one attached hydrogen (secondary N) is 1. The van der Waals surface area contributed by atoms with Gasteiger partial charge in [-0.05, 0) is 65.1 Å². The van der Waals surface area contributed by atoms with E-state index < -0.39 is 0 Å². The van der Waals surface area contributed by atoms with Gasteiger partial charge >= 0.3 is 0 Å². The van der Waals surface area contributed by atoms with Crippen molar-refractivity contribution >= 4 is 15.9 Å². The largest absolute Gasteiger partial charge is 0.494 e. The van der Waals surface area contributed by atoms with E-state index in [1.54, 1.807) is 6.20 Å². The molecule has 0 saturated heterocycles. The van der Waals surface area contributed by atoms with Crippen LogP contribution in [0.4, 0.5) is 0 Å². The molecule has 0 spiro atoms. The summed E-state index contributed by atoms with van der Waals surface area (Å²) in [5.41, 5.74) is 2.43. The molecule has 0 amide bonds. The first-order chi connectivity index (χ1) is 10.2. The van der Waals surface area contributed by atoms with Crippen molar-refractivity contribution in [3.05, 3.63) is 58.3 Å². The molecule has 0 radical (unpaired) electrons. The lowest BCUT2D eigenvalue weighted by Gasteiger charge is -2.18. The van der Waals surface area contributed by atoms with E-state index in [0.717, 1.165) is 29.7 Å². The third kappa shape index (κ3) is 4.83. The van der Waals surface area contributed by atoms with Crippen LogP contribution in [0.5, 0.6) is 5.75 Å². The number of hydrogen-bond acceptors (Lipinski definition) is 3. The summed E-state index contributed by atoms with van der Waals surface area (Å²) in [6.07, 6.45) is 5.62. The quantitative estimate of drug-likeness (QED) is 0.816. The standard InChI is InChI=1S/C17H21BrN2O/c1-3-7-21-16-6-4-5-14(10-16)17(19-2)9-13-8-15(18)12-20-11-13/h4-6,8,10-12,17,19H,3,7,9H2,1-2H3. The Hall–Kier alpha value is -1.39.